The van der Waals surface area contributed by atoms with Crippen LogP contribution in [0.15, 0.2) is 0 Å². The van der Waals surface area contributed by atoms with E-state index in [4.69, 9.17) is 9.47 Å². The Morgan fingerprint density at radius 2 is 1.20 bits per heavy atom. The molecule has 0 bridgehead atoms. The van der Waals surface area contributed by atoms with Gasteiger partial charge in [0, 0.05) is 26.2 Å². The number of ether oxygens (including phenoxy) is 2. The van der Waals surface area contributed by atoms with Gasteiger partial charge < -0.3 is 19.3 Å². The molecule has 0 aliphatic heterocycles. The summed E-state index contributed by atoms with van der Waals surface area (Å²) >= 11 is 0. The molecule has 0 aliphatic rings. The zero-order chi connectivity index (χ0) is 15.2. The fourth-order valence-electron chi connectivity index (χ4n) is 2.36. The van der Waals surface area contributed by atoms with Crippen LogP contribution in [0.4, 0.5) is 0 Å². The molecule has 0 aromatic heterocycles. The van der Waals surface area contributed by atoms with E-state index in [1.54, 1.807) is 0 Å². The van der Waals surface area contributed by atoms with E-state index in [0.29, 0.717) is 0 Å². The minimum atomic E-state index is -0.0400. The Balaban J connectivity index is 3.89. The van der Waals surface area contributed by atoms with Gasteiger partial charge in [-0.2, -0.15) is 0 Å². The summed E-state index contributed by atoms with van der Waals surface area (Å²) in [4.78, 5) is 4.98. The topological polar surface area (TPSA) is 24.9 Å². The van der Waals surface area contributed by atoms with Crippen molar-refractivity contribution in [1.29, 1.82) is 0 Å². The highest BCUT2D eigenvalue weighted by molar-refractivity contribution is 4.60. The van der Waals surface area contributed by atoms with Crippen molar-refractivity contribution in [2.75, 3.05) is 52.5 Å². The maximum Gasteiger partial charge on any atom is 0.158 e. The van der Waals surface area contributed by atoms with Crippen LogP contribution in [0.3, 0.4) is 0 Å². The zero-order valence-corrected chi connectivity index (χ0v) is 14.4. The van der Waals surface area contributed by atoms with Crippen molar-refractivity contribution >= 4 is 0 Å². The Bertz CT molecular complexity index is 193. The lowest BCUT2D eigenvalue weighted by molar-refractivity contribution is -0.141. The van der Waals surface area contributed by atoms with Crippen molar-refractivity contribution in [1.82, 2.24) is 9.80 Å². The highest BCUT2D eigenvalue weighted by Gasteiger charge is 2.11. The minimum Gasteiger partial charge on any atom is -0.353 e. The predicted molar refractivity (Wildman–Crippen MR) is 86.2 cm³/mol. The Labute approximate surface area is 126 Å². The largest absolute Gasteiger partial charge is 0.353 e. The molecule has 0 saturated heterocycles. The smallest absolute Gasteiger partial charge is 0.158 e. The highest BCUT2D eigenvalue weighted by atomic mass is 16.7. The molecule has 0 aromatic rings. The molecule has 0 heterocycles. The first-order chi connectivity index (χ1) is 9.71. The van der Waals surface area contributed by atoms with Crippen LogP contribution in [0.5, 0.6) is 0 Å². The van der Waals surface area contributed by atoms with Gasteiger partial charge in [0.05, 0.1) is 0 Å². The van der Waals surface area contributed by atoms with Crippen LogP contribution in [0.25, 0.3) is 0 Å². The zero-order valence-electron chi connectivity index (χ0n) is 14.4. The molecule has 0 aromatic carbocycles. The quantitative estimate of drug-likeness (QED) is 0.459. The van der Waals surface area contributed by atoms with E-state index in [9.17, 15) is 0 Å². The van der Waals surface area contributed by atoms with E-state index in [-0.39, 0.29) is 6.29 Å². The summed E-state index contributed by atoms with van der Waals surface area (Å²) < 4.78 is 11.2. The van der Waals surface area contributed by atoms with Crippen molar-refractivity contribution in [3.63, 3.8) is 0 Å². The summed E-state index contributed by atoms with van der Waals surface area (Å²) in [5.74, 6) is 0. The van der Waals surface area contributed by atoms with Crippen LogP contribution < -0.4 is 0 Å². The summed E-state index contributed by atoms with van der Waals surface area (Å²) in [5, 5.41) is 0. The molecule has 122 valence electrons. The van der Waals surface area contributed by atoms with Gasteiger partial charge >= 0.3 is 0 Å². The van der Waals surface area contributed by atoms with E-state index in [1.165, 1.54) is 13.0 Å². The van der Waals surface area contributed by atoms with Gasteiger partial charge in [-0.1, -0.05) is 20.8 Å². The molecule has 0 rings (SSSR count). The Kier molecular flexibility index (Phi) is 13.7. The van der Waals surface area contributed by atoms with E-state index >= 15 is 0 Å². The van der Waals surface area contributed by atoms with Crippen LogP contribution in [0.2, 0.25) is 0 Å². The first kappa shape index (κ1) is 19.8. The third-order valence-electron chi connectivity index (χ3n) is 3.68. The van der Waals surface area contributed by atoms with Gasteiger partial charge in [-0.05, 0) is 53.0 Å². The summed E-state index contributed by atoms with van der Waals surface area (Å²) in [5.41, 5.74) is 0. The van der Waals surface area contributed by atoms with Gasteiger partial charge in [-0.25, -0.2) is 0 Å². The summed E-state index contributed by atoms with van der Waals surface area (Å²) in [6, 6.07) is 0. The second kappa shape index (κ2) is 13.8. The normalized spacial score (nSPS) is 12.0. The van der Waals surface area contributed by atoms with Crippen molar-refractivity contribution < 1.29 is 9.47 Å². The first-order valence-electron chi connectivity index (χ1n) is 8.39. The fourth-order valence-corrected chi connectivity index (χ4v) is 2.36. The molecule has 0 N–H and O–H groups in total. The average Bonchev–Trinajstić information content (AvgIpc) is 2.47. The van der Waals surface area contributed by atoms with Gasteiger partial charge in [0.1, 0.15) is 0 Å². The van der Waals surface area contributed by atoms with Gasteiger partial charge in [0.2, 0.25) is 0 Å². The lowest BCUT2D eigenvalue weighted by atomic mass is 10.3. The van der Waals surface area contributed by atoms with Crippen LogP contribution >= 0.6 is 0 Å². The fraction of sp³-hybridized carbons (Fsp3) is 1.00. The lowest BCUT2D eigenvalue weighted by Gasteiger charge is -2.25. The van der Waals surface area contributed by atoms with E-state index < -0.39 is 0 Å². The molecule has 20 heavy (non-hydrogen) atoms. The van der Waals surface area contributed by atoms with Crippen molar-refractivity contribution in [3.8, 4) is 0 Å². The van der Waals surface area contributed by atoms with Gasteiger partial charge in [-0.3, -0.25) is 0 Å². The molecule has 0 aliphatic carbocycles. The number of hydrogen-bond donors (Lipinski definition) is 0. The average molecular weight is 288 g/mol. The molecule has 0 amide bonds. The van der Waals surface area contributed by atoms with Gasteiger partial charge in [0.25, 0.3) is 0 Å². The molecule has 0 unspecified atom stereocenters. The number of rotatable bonds is 14. The van der Waals surface area contributed by atoms with Crippen LogP contribution in [-0.2, 0) is 9.47 Å². The van der Waals surface area contributed by atoms with Gasteiger partial charge in [-0.15, -0.1) is 0 Å². The molecule has 0 radical (unpaired) electrons. The van der Waals surface area contributed by atoms with Gasteiger partial charge in [0.15, 0.2) is 6.29 Å². The van der Waals surface area contributed by atoms with Crippen LogP contribution in [0.1, 0.15) is 47.5 Å². The molecular weight excluding hydrogens is 252 g/mol. The van der Waals surface area contributed by atoms with Crippen molar-refractivity contribution in [3.05, 3.63) is 0 Å². The third kappa shape index (κ3) is 9.70. The molecule has 0 spiro atoms. The number of nitrogens with zero attached hydrogens (tertiary/aromatic N) is 2. The highest BCUT2D eigenvalue weighted by Crippen LogP contribution is 2.04. The first-order valence-corrected chi connectivity index (χ1v) is 8.39. The lowest BCUT2D eigenvalue weighted by Crippen LogP contribution is -2.32. The molecule has 4 nitrogen and oxygen atoms in total. The molecule has 0 saturated carbocycles. The molecule has 0 atom stereocenters. The maximum atomic E-state index is 5.60. The summed E-state index contributed by atoms with van der Waals surface area (Å²) in [6.07, 6.45) is 2.16. The predicted octanol–water partition coefficient (Wildman–Crippen LogP) is 2.83. The Morgan fingerprint density at radius 3 is 1.65 bits per heavy atom. The molecular formula is C16H36N2O2. The Hall–Kier alpha value is -0.160. The van der Waals surface area contributed by atoms with Crippen molar-refractivity contribution in [2.24, 2.45) is 0 Å². The Morgan fingerprint density at radius 1 is 0.700 bits per heavy atom. The second-order valence-electron chi connectivity index (χ2n) is 4.94. The molecule has 0 fully saturated rings. The maximum absolute atomic E-state index is 5.60. The molecule has 4 heteroatoms. The summed E-state index contributed by atoms with van der Waals surface area (Å²) in [7, 11) is 0. The summed E-state index contributed by atoms with van der Waals surface area (Å²) in [6.45, 7) is 19.0. The van der Waals surface area contributed by atoms with Crippen LogP contribution in [0, 0.1) is 0 Å². The van der Waals surface area contributed by atoms with Crippen LogP contribution in [-0.4, -0.2) is 68.6 Å². The number of hydrogen-bond acceptors (Lipinski definition) is 4. The second-order valence-corrected chi connectivity index (χ2v) is 4.94. The van der Waals surface area contributed by atoms with E-state index in [1.807, 2.05) is 13.8 Å². The monoisotopic (exact) mass is 288 g/mol. The van der Waals surface area contributed by atoms with Crippen molar-refractivity contribution in [2.45, 2.75) is 53.8 Å². The van der Waals surface area contributed by atoms with E-state index in [2.05, 4.69) is 30.6 Å². The van der Waals surface area contributed by atoms with E-state index in [0.717, 1.165) is 52.4 Å². The SMILES string of the molecule is CCOC(CCN(CC)CCCN(CC)CC)OCC. The standard InChI is InChI=1S/C16H36N2O2/c1-6-17(7-2)13-11-14-18(8-3)15-12-16(19-9-4)20-10-5/h16H,6-15H2,1-5H3. The third-order valence-corrected chi connectivity index (χ3v) is 3.68. The minimum absolute atomic E-state index is 0.0400.